The molecule has 178 valence electrons. The van der Waals surface area contributed by atoms with Crippen molar-refractivity contribution in [3.63, 3.8) is 0 Å². The summed E-state index contributed by atoms with van der Waals surface area (Å²) in [5.41, 5.74) is 1.98. The maximum Gasteiger partial charge on any atom is 0.230 e. The molecule has 1 amide bonds. The highest BCUT2D eigenvalue weighted by atomic mass is 19.1. The van der Waals surface area contributed by atoms with E-state index in [0.29, 0.717) is 39.8 Å². The number of methoxy groups -OCH3 is 1. The Hall–Kier alpha value is -3.92. The predicted octanol–water partition coefficient (Wildman–Crippen LogP) is 3.63. The molecule has 0 aliphatic carbocycles. The van der Waals surface area contributed by atoms with Crippen LogP contribution < -0.4 is 19.5 Å². The molecule has 0 aliphatic heterocycles. The van der Waals surface area contributed by atoms with Crippen LogP contribution in [-0.4, -0.2) is 52.3 Å². The van der Waals surface area contributed by atoms with Crippen molar-refractivity contribution in [2.24, 2.45) is 0 Å². The van der Waals surface area contributed by atoms with Gasteiger partial charge in [-0.1, -0.05) is 0 Å². The van der Waals surface area contributed by atoms with Crippen molar-refractivity contribution in [3.05, 3.63) is 48.2 Å². The number of benzene rings is 2. The summed E-state index contributed by atoms with van der Waals surface area (Å²) in [6.07, 6.45) is 0.223. The molecular weight excluding hydrogens is 443 g/mol. The van der Waals surface area contributed by atoms with E-state index < -0.39 is 11.9 Å². The maximum atomic E-state index is 15.0. The minimum Gasteiger partial charge on any atom is -0.493 e. The number of halogens is 1. The second kappa shape index (κ2) is 9.92. The Labute approximate surface area is 194 Å². The Morgan fingerprint density at radius 2 is 2.00 bits per heavy atom. The van der Waals surface area contributed by atoms with E-state index in [1.807, 2.05) is 6.92 Å². The molecular formula is C24H25FN4O5. The van der Waals surface area contributed by atoms with Crippen molar-refractivity contribution in [3.8, 4) is 23.1 Å². The summed E-state index contributed by atoms with van der Waals surface area (Å²) >= 11 is 0. The highest BCUT2D eigenvalue weighted by molar-refractivity contribution is 5.87. The lowest BCUT2D eigenvalue weighted by Crippen LogP contribution is -2.29. The van der Waals surface area contributed by atoms with Gasteiger partial charge in [0.15, 0.2) is 23.1 Å². The van der Waals surface area contributed by atoms with Gasteiger partial charge in [-0.05, 0) is 38.1 Å². The molecule has 0 saturated carbocycles. The van der Waals surface area contributed by atoms with Gasteiger partial charge in [-0.2, -0.15) is 0 Å². The van der Waals surface area contributed by atoms with Crippen LogP contribution >= 0.6 is 0 Å². The number of hydrogen-bond donors (Lipinski definition) is 3. The lowest BCUT2D eigenvalue weighted by atomic mass is 10.2. The minimum absolute atomic E-state index is 0.0271. The number of rotatable bonds is 9. The molecule has 2 aromatic heterocycles. The van der Waals surface area contributed by atoms with Gasteiger partial charge in [0.25, 0.3) is 0 Å². The largest absolute Gasteiger partial charge is 0.493 e. The maximum absolute atomic E-state index is 15.0. The van der Waals surface area contributed by atoms with Gasteiger partial charge < -0.3 is 29.6 Å². The minimum atomic E-state index is -0.994. The number of carbonyl (C=O) groups excluding carboxylic acids is 1. The second-order valence-corrected chi connectivity index (χ2v) is 7.71. The van der Waals surface area contributed by atoms with E-state index in [-0.39, 0.29) is 30.6 Å². The molecule has 1 unspecified atom stereocenters. The predicted molar refractivity (Wildman–Crippen MR) is 124 cm³/mol. The average Bonchev–Trinajstić information content (AvgIpc) is 3.20. The van der Waals surface area contributed by atoms with E-state index in [2.05, 4.69) is 20.3 Å². The number of aliphatic hydroxyl groups excluding tert-OH is 1. The fraction of sp³-hybridized carbons (Fsp3) is 0.292. The van der Waals surface area contributed by atoms with Gasteiger partial charge in [-0.3, -0.25) is 4.79 Å². The summed E-state index contributed by atoms with van der Waals surface area (Å²) in [4.78, 5) is 23.1. The molecule has 3 N–H and O–H groups in total. The van der Waals surface area contributed by atoms with E-state index in [4.69, 9.17) is 14.2 Å². The van der Waals surface area contributed by atoms with Gasteiger partial charge in [0, 0.05) is 29.2 Å². The van der Waals surface area contributed by atoms with Gasteiger partial charge in [-0.25, -0.2) is 14.4 Å². The molecule has 0 saturated heterocycles. The van der Waals surface area contributed by atoms with Gasteiger partial charge in [0.2, 0.25) is 11.8 Å². The third kappa shape index (κ3) is 4.86. The normalized spacial score (nSPS) is 12.0. The number of aromatic amines is 1. The zero-order valence-electron chi connectivity index (χ0n) is 19.0. The lowest BCUT2D eigenvalue weighted by Gasteiger charge is -2.15. The number of ether oxygens (including phenoxy) is 3. The first-order valence-electron chi connectivity index (χ1n) is 10.8. The summed E-state index contributed by atoms with van der Waals surface area (Å²) in [7, 11) is 1.46. The molecule has 0 fully saturated rings. The zero-order chi connectivity index (χ0) is 24.2. The van der Waals surface area contributed by atoms with Crippen LogP contribution in [0.15, 0.2) is 36.7 Å². The third-order valence-electron chi connectivity index (χ3n) is 5.15. The standard InChI is InChI=1S/C24H25FN4O5/c1-4-26-22(31)8-14(30)11-33-21-10-18-16(9-20(21)32-3)24(28-12-27-18)34-19-6-5-17-15(23(19)25)7-13(2)29-17/h5-7,9-10,12,14,29-30H,4,8,11H2,1-3H3,(H,26,31). The highest BCUT2D eigenvalue weighted by Gasteiger charge is 2.18. The molecule has 1 atom stereocenters. The molecule has 0 radical (unpaired) electrons. The summed E-state index contributed by atoms with van der Waals surface area (Å²) in [5.74, 6) is 0.0795. The van der Waals surface area contributed by atoms with Crippen LogP contribution in [0.25, 0.3) is 21.8 Å². The Morgan fingerprint density at radius 3 is 2.76 bits per heavy atom. The third-order valence-corrected chi connectivity index (χ3v) is 5.15. The Kier molecular flexibility index (Phi) is 6.78. The number of nitrogens with one attached hydrogen (secondary N) is 2. The quantitative estimate of drug-likeness (QED) is 0.343. The molecule has 0 aliphatic rings. The monoisotopic (exact) mass is 468 g/mol. The first-order valence-corrected chi connectivity index (χ1v) is 10.8. The first-order chi connectivity index (χ1) is 16.4. The number of nitrogens with zero attached hydrogens (tertiary/aromatic N) is 2. The van der Waals surface area contributed by atoms with Crippen LogP contribution in [0.4, 0.5) is 4.39 Å². The summed E-state index contributed by atoms with van der Waals surface area (Å²) in [5, 5.41) is 13.6. The van der Waals surface area contributed by atoms with Crippen molar-refractivity contribution in [1.29, 1.82) is 0 Å². The number of fused-ring (bicyclic) bond motifs is 2. The van der Waals surface area contributed by atoms with Crippen LogP contribution in [-0.2, 0) is 4.79 Å². The van der Waals surface area contributed by atoms with Gasteiger partial charge >= 0.3 is 0 Å². The topological polar surface area (TPSA) is 119 Å². The lowest BCUT2D eigenvalue weighted by molar-refractivity contribution is -0.123. The Morgan fingerprint density at radius 1 is 1.18 bits per heavy atom. The molecule has 34 heavy (non-hydrogen) atoms. The second-order valence-electron chi connectivity index (χ2n) is 7.71. The molecule has 0 bridgehead atoms. The van der Waals surface area contributed by atoms with Crippen molar-refractivity contribution in [1.82, 2.24) is 20.3 Å². The highest BCUT2D eigenvalue weighted by Crippen LogP contribution is 2.37. The SMILES string of the molecule is CCNC(=O)CC(O)COc1cc2ncnc(Oc3ccc4[nH]c(C)cc4c3F)c2cc1OC. The number of carbonyl (C=O) groups is 1. The van der Waals surface area contributed by atoms with Gasteiger partial charge in [0.05, 0.1) is 30.5 Å². The molecule has 4 rings (SSSR count). The van der Waals surface area contributed by atoms with E-state index in [1.54, 1.807) is 31.2 Å². The molecule has 4 aromatic rings. The number of hydrogen-bond acceptors (Lipinski definition) is 7. The summed E-state index contributed by atoms with van der Waals surface area (Å²) in [6.45, 7) is 4.02. The van der Waals surface area contributed by atoms with Crippen LogP contribution in [0.5, 0.6) is 23.1 Å². The Bertz CT molecular complexity index is 1340. The summed E-state index contributed by atoms with van der Waals surface area (Å²) in [6, 6.07) is 8.21. The van der Waals surface area contributed by atoms with Crippen molar-refractivity contribution < 1.29 is 28.5 Å². The van der Waals surface area contributed by atoms with Crippen LogP contribution in [0, 0.1) is 12.7 Å². The van der Waals surface area contributed by atoms with Crippen LogP contribution in [0.2, 0.25) is 0 Å². The van der Waals surface area contributed by atoms with Gasteiger partial charge in [0.1, 0.15) is 12.9 Å². The molecule has 10 heteroatoms. The summed E-state index contributed by atoms with van der Waals surface area (Å²) < 4.78 is 31.9. The number of H-pyrrole nitrogens is 1. The molecule has 2 aromatic carbocycles. The van der Waals surface area contributed by atoms with E-state index in [1.165, 1.54) is 19.5 Å². The van der Waals surface area contributed by atoms with E-state index in [9.17, 15) is 9.90 Å². The number of aliphatic hydroxyl groups is 1. The number of aromatic nitrogens is 3. The van der Waals surface area contributed by atoms with Crippen molar-refractivity contribution >= 4 is 27.7 Å². The average molecular weight is 468 g/mol. The van der Waals surface area contributed by atoms with Crippen LogP contribution in [0.1, 0.15) is 19.0 Å². The van der Waals surface area contributed by atoms with Gasteiger partial charge in [-0.15, -0.1) is 0 Å². The fourth-order valence-electron chi connectivity index (χ4n) is 3.59. The van der Waals surface area contributed by atoms with E-state index >= 15 is 4.39 Å². The van der Waals surface area contributed by atoms with Crippen LogP contribution in [0.3, 0.4) is 0 Å². The molecule has 2 heterocycles. The zero-order valence-corrected chi connectivity index (χ0v) is 19.0. The number of amides is 1. The van der Waals surface area contributed by atoms with E-state index in [0.717, 1.165) is 5.69 Å². The fourth-order valence-corrected chi connectivity index (χ4v) is 3.59. The molecule has 0 spiro atoms. The number of aryl methyl sites for hydroxylation is 1. The smallest absolute Gasteiger partial charge is 0.230 e. The van der Waals surface area contributed by atoms with Crippen molar-refractivity contribution in [2.75, 3.05) is 20.3 Å². The molecule has 9 nitrogen and oxygen atoms in total. The first kappa shape index (κ1) is 23.2. The van der Waals surface area contributed by atoms with Crippen molar-refractivity contribution in [2.45, 2.75) is 26.4 Å². The Balaban J connectivity index is 1.59.